The van der Waals surface area contributed by atoms with Crippen LogP contribution in [0.2, 0.25) is 0 Å². The Hall–Kier alpha value is -2.53. The molecule has 24 heavy (non-hydrogen) atoms. The summed E-state index contributed by atoms with van der Waals surface area (Å²) >= 11 is 0. The summed E-state index contributed by atoms with van der Waals surface area (Å²) in [6, 6.07) is 17.1. The van der Waals surface area contributed by atoms with Crippen molar-refractivity contribution in [2.45, 2.75) is 18.9 Å². The Morgan fingerprint density at radius 3 is 2.75 bits per heavy atom. The second-order valence-electron chi connectivity index (χ2n) is 5.74. The van der Waals surface area contributed by atoms with Crippen molar-refractivity contribution in [2.24, 2.45) is 0 Å². The van der Waals surface area contributed by atoms with E-state index in [0.717, 1.165) is 36.6 Å². The number of benzene rings is 2. The molecule has 1 atom stereocenters. The maximum Gasteiger partial charge on any atom is 0.243 e. The molecule has 1 amide bonds. The normalized spacial score (nSPS) is 16.6. The summed E-state index contributed by atoms with van der Waals surface area (Å²) in [7, 11) is 0. The number of hydrogen-bond acceptors (Lipinski definition) is 4. The predicted octanol–water partition coefficient (Wildman–Crippen LogP) is 3.30. The molecule has 3 rings (SSSR count). The summed E-state index contributed by atoms with van der Waals surface area (Å²) in [5.74, 6) is 0.634. The number of nitrogens with one attached hydrogen (secondary N) is 2. The highest BCUT2D eigenvalue weighted by Crippen LogP contribution is 2.19. The molecule has 2 aromatic carbocycles. The van der Waals surface area contributed by atoms with Gasteiger partial charge in [0.05, 0.1) is 12.6 Å². The van der Waals surface area contributed by atoms with Gasteiger partial charge in [-0.1, -0.05) is 24.3 Å². The van der Waals surface area contributed by atoms with Gasteiger partial charge in [0, 0.05) is 24.0 Å². The number of anilines is 2. The first kappa shape index (κ1) is 16.3. The SMILES string of the molecule is O=C(CNc1ccccc1)Nc1cccc(OCC2CCCO2)c1. The van der Waals surface area contributed by atoms with Crippen molar-refractivity contribution < 1.29 is 14.3 Å². The molecule has 0 aromatic heterocycles. The molecule has 1 unspecified atom stereocenters. The van der Waals surface area contributed by atoms with E-state index in [1.807, 2.05) is 54.6 Å². The number of rotatable bonds is 7. The smallest absolute Gasteiger partial charge is 0.243 e. The quantitative estimate of drug-likeness (QED) is 0.820. The molecule has 1 fully saturated rings. The summed E-state index contributed by atoms with van der Waals surface area (Å²) in [4.78, 5) is 12.0. The average Bonchev–Trinajstić information content (AvgIpc) is 3.13. The van der Waals surface area contributed by atoms with Crippen LogP contribution in [0.4, 0.5) is 11.4 Å². The third kappa shape index (κ3) is 4.99. The van der Waals surface area contributed by atoms with Gasteiger partial charge in [0.25, 0.3) is 0 Å². The predicted molar refractivity (Wildman–Crippen MR) is 94.5 cm³/mol. The standard InChI is InChI=1S/C19H22N2O3/c22-19(13-20-15-6-2-1-3-7-15)21-16-8-4-9-17(12-16)24-14-18-10-5-11-23-18/h1-4,6-9,12,18,20H,5,10-11,13-14H2,(H,21,22). The van der Waals surface area contributed by atoms with Gasteiger partial charge < -0.3 is 20.1 Å². The highest BCUT2D eigenvalue weighted by Gasteiger charge is 2.16. The minimum Gasteiger partial charge on any atom is -0.491 e. The van der Waals surface area contributed by atoms with E-state index in [4.69, 9.17) is 9.47 Å². The zero-order chi connectivity index (χ0) is 16.6. The van der Waals surface area contributed by atoms with Crippen LogP contribution in [0.25, 0.3) is 0 Å². The molecular formula is C19H22N2O3. The fourth-order valence-electron chi connectivity index (χ4n) is 2.57. The molecular weight excluding hydrogens is 304 g/mol. The highest BCUT2D eigenvalue weighted by molar-refractivity contribution is 5.93. The van der Waals surface area contributed by atoms with E-state index < -0.39 is 0 Å². The Kier molecular flexibility index (Phi) is 5.69. The zero-order valence-electron chi connectivity index (χ0n) is 13.5. The van der Waals surface area contributed by atoms with Crippen molar-refractivity contribution >= 4 is 17.3 Å². The van der Waals surface area contributed by atoms with Gasteiger partial charge in [-0.2, -0.15) is 0 Å². The largest absolute Gasteiger partial charge is 0.491 e. The van der Waals surface area contributed by atoms with E-state index >= 15 is 0 Å². The van der Waals surface area contributed by atoms with Crippen LogP contribution < -0.4 is 15.4 Å². The van der Waals surface area contributed by atoms with E-state index in [1.165, 1.54) is 0 Å². The molecule has 0 spiro atoms. The molecule has 1 heterocycles. The lowest BCUT2D eigenvalue weighted by atomic mass is 10.2. The van der Waals surface area contributed by atoms with Crippen LogP contribution in [0.5, 0.6) is 5.75 Å². The van der Waals surface area contributed by atoms with Gasteiger partial charge in [-0.05, 0) is 37.1 Å². The lowest BCUT2D eigenvalue weighted by Crippen LogP contribution is -2.21. The van der Waals surface area contributed by atoms with Crippen molar-refractivity contribution in [1.29, 1.82) is 0 Å². The van der Waals surface area contributed by atoms with Gasteiger partial charge in [0.1, 0.15) is 12.4 Å². The van der Waals surface area contributed by atoms with Crippen LogP contribution in [0.15, 0.2) is 54.6 Å². The van der Waals surface area contributed by atoms with Gasteiger partial charge in [0.15, 0.2) is 0 Å². The monoisotopic (exact) mass is 326 g/mol. The molecule has 126 valence electrons. The molecule has 0 aliphatic carbocycles. The zero-order valence-corrected chi connectivity index (χ0v) is 13.5. The first-order valence-electron chi connectivity index (χ1n) is 8.23. The van der Waals surface area contributed by atoms with Gasteiger partial charge >= 0.3 is 0 Å². The van der Waals surface area contributed by atoms with Crippen molar-refractivity contribution in [3.63, 3.8) is 0 Å². The third-order valence-electron chi connectivity index (χ3n) is 3.80. The van der Waals surface area contributed by atoms with Crippen LogP contribution >= 0.6 is 0 Å². The van der Waals surface area contributed by atoms with Crippen LogP contribution in [0.3, 0.4) is 0 Å². The molecule has 1 aliphatic heterocycles. The minimum absolute atomic E-state index is 0.102. The molecule has 0 radical (unpaired) electrons. The summed E-state index contributed by atoms with van der Waals surface area (Å²) in [6.07, 6.45) is 2.32. The van der Waals surface area contributed by atoms with E-state index in [-0.39, 0.29) is 18.6 Å². The first-order chi connectivity index (χ1) is 11.8. The number of carbonyl (C=O) groups excluding carboxylic acids is 1. The number of carbonyl (C=O) groups is 1. The number of amides is 1. The topological polar surface area (TPSA) is 59.6 Å². The van der Waals surface area contributed by atoms with Gasteiger partial charge in [-0.25, -0.2) is 0 Å². The first-order valence-corrected chi connectivity index (χ1v) is 8.23. The Labute approximate surface area is 142 Å². The molecule has 0 bridgehead atoms. The Balaban J connectivity index is 1.47. The van der Waals surface area contributed by atoms with Crippen molar-refractivity contribution in [3.8, 4) is 5.75 Å². The highest BCUT2D eigenvalue weighted by atomic mass is 16.5. The van der Waals surface area contributed by atoms with Gasteiger partial charge in [-0.3, -0.25) is 4.79 Å². The van der Waals surface area contributed by atoms with Crippen molar-refractivity contribution in [3.05, 3.63) is 54.6 Å². The lowest BCUT2D eigenvalue weighted by Gasteiger charge is -2.13. The number of para-hydroxylation sites is 1. The second kappa shape index (κ2) is 8.36. The molecule has 1 saturated heterocycles. The fraction of sp³-hybridized carbons (Fsp3) is 0.316. The van der Waals surface area contributed by atoms with Crippen LogP contribution in [0.1, 0.15) is 12.8 Å². The van der Waals surface area contributed by atoms with Gasteiger partial charge in [-0.15, -0.1) is 0 Å². The summed E-state index contributed by atoms with van der Waals surface area (Å²) in [6.45, 7) is 1.58. The fourth-order valence-corrected chi connectivity index (χ4v) is 2.57. The van der Waals surface area contributed by atoms with Crippen LogP contribution in [-0.4, -0.2) is 31.8 Å². The van der Waals surface area contributed by atoms with Crippen molar-refractivity contribution in [2.75, 3.05) is 30.4 Å². The molecule has 2 N–H and O–H groups in total. The Bertz CT molecular complexity index is 655. The van der Waals surface area contributed by atoms with Crippen molar-refractivity contribution in [1.82, 2.24) is 0 Å². The van der Waals surface area contributed by atoms with E-state index in [9.17, 15) is 4.79 Å². The number of hydrogen-bond donors (Lipinski definition) is 2. The summed E-state index contributed by atoms with van der Waals surface area (Å²) < 4.78 is 11.3. The second-order valence-corrected chi connectivity index (χ2v) is 5.74. The molecule has 2 aromatic rings. The molecule has 5 heteroatoms. The maximum atomic E-state index is 12.0. The summed E-state index contributed by atoms with van der Waals surface area (Å²) in [5.41, 5.74) is 1.64. The van der Waals surface area contributed by atoms with Crippen LogP contribution in [0, 0.1) is 0 Å². The molecule has 0 saturated carbocycles. The van der Waals surface area contributed by atoms with Crippen LogP contribution in [-0.2, 0) is 9.53 Å². The average molecular weight is 326 g/mol. The van der Waals surface area contributed by atoms with E-state index in [1.54, 1.807) is 0 Å². The van der Waals surface area contributed by atoms with E-state index in [2.05, 4.69) is 10.6 Å². The maximum absolute atomic E-state index is 12.0. The number of ether oxygens (including phenoxy) is 2. The molecule has 1 aliphatic rings. The lowest BCUT2D eigenvalue weighted by molar-refractivity contribution is -0.114. The molecule has 5 nitrogen and oxygen atoms in total. The Morgan fingerprint density at radius 1 is 1.12 bits per heavy atom. The Morgan fingerprint density at radius 2 is 1.96 bits per heavy atom. The van der Waals surface area contributed by atoms with Gasteiger partial charge in [0.2, 0.25) is 5.91 Å². The summed E-state index contributed by atoms with van der Waals surface area (Å²) in [5, 5.41) is 5.95. The minimum atomic E-state index is -0.102. The van der Waals surface area contributed by atoms with E-state index in [0.29, 0.717) is 6.61 Å². The third-order valence-corrected chi connectivity index (χ3v) is 3.80.